The Bertz CT molecular complexity index is 2670. The van der Waals surface area contributed by atoms with Crippen LogP contribution in [0.2, 0.25) is 0 Å². The van der Waals surface area contributed by atoms with E-state index in [-0.39, 0.29) is 40.8 Å². The number of nitrogens with two attached hydrogens (primary N) is 2. The molecule has 28 nitrogen and oxygen atoms in total. The zero-order chi connectivity index (χ0) is 42.8. The summed E-state index contributed by atoms with van der Waals surface area (Å²) in [7, 11) is -17.5. The van der Waals surface area contributed by atoms with Crippen molar-refractivity contribution in [2.24, 2.45) is 0 Å². The zero-order valence-electron chi connectivity index (χ0n) is 30.0. The number of aliphatic hydroxyl groups excluding tert-OH is 4. The van der Waals surface area contributed by atoms with Gasteiger partial charge in [-0.25, -0.2) is 23.2 Å². The maximum Gasteiger partial charge on any atom is 0.490 e. The Morgan fingerprint density at radius 3 is 2.12 bits per heavy atom. The Morgan fingerprint density at radius 2 is 1.46 bits per heavy atom. The average molecular weight is 894 g/mol. The second-order valence-corrected chi connectivity index (χ2v) is 17.9. The lowest BCUT2D eigenvalue weighted by atomic mass is 10.1. The molecule has 3 unspecified atom stereocenters. The molecule has 7 rings (SSSR count). The molecule has 320 valence electrons. The maximum atomic E-state index is 13.0. The topological polar surface area (TPSA) is 418 Å². The van der Waals surface area contributed by atoms with E-state index in [0.717, 1.165) is 22.0 Å². The number of nitrogens with zero attached hydrogens (tertiary/aromatic N) is 6. The number of anilines is 2. The Kier molecular flexibility index (Phi) is 11.6. The molecule has 2 saturated heterocycles. The van der Waals surface area contributed by atoms with Gasteiger partial charge in [0.15, 0.2) is 23.7 Å². The smallest absolute Gasteiger partial charge is 0.387 e. The number of H-pyrrole nitrogens is 2. The lowest BCUT2D eigenvalue weighted by Crippen LogP contribution is -2.46. The van der Waals surface area contributed by atoms with Crippen LogP contribution < -0.4 is 27.2 Å². The molecular weight excluding hydrogens is 857 g/mol. The van der Waals surface area contributed by atoms with Crippen molar-refractivity contribution in [3.05, 3.63) is 68.8 Å². The van der Waals surface area contributed by atoms with Gasteiger partial charge in [0, 0.05) is 0 Å². The van der Waals surface area contributed by atoms with Crippen molar-refractivity contribution in [2.75, 3.05) is 24.7 Å². The predicted molar refractivity (Wildman–Crippen MR) is 193 cm³/mol. The molecule has 4 aromatic heterocycles. The van der Waals surface area contributed by atoms with Crippen molar-refractivity contribution in [3.8, 4) is 0 Å². The standard InChI is InChI=1S/C28H35N10O18P3/c1-11-3-2-4-12(5-11)6-36-10-38(22-16(36)24(44)35-28(30)33-22)26-20(42)18(40)14(54-26)8-52-58(47,48)56-59(49,50)55-57(45,46)51-7-13-17(39)19(41)25(53-13)37-9-31-15-21(37)32-27(29)34-23(15)43/h2-5,9-10,13-14,17-20,25-26,39-42H,6-8H2,1H3,(H8-,29,30,32,33,34,35,43,44,45,46,47,48,49,50)/p+1/t13-,14-,17-,18-,19-,20-,25-,26-/m1/s1. The second kappa shape index (κ2) is 15.9. The van der Waals surface area contributed by atoms with Crippen LogP contribution in [0.3, 0.4) is 0 Å². The van der Waals surface area contributed by atoms with Gasteiger partial charge in [0.2, 0.25) is 17.7 Å². The molecule has 6 heterocycles. The van der Waals surface area contributed by atoms with Gasteiger partial charge in [0.1, 0.15) is 36.6 Å². The summed E-state index contributed by atoms with van der Waals surface area (Å²) in [6.45, 7) is -0.173. The number of aryl methyl sites for hydroxylation is 1. The van der Waals surface area contributed by atoms with Crippen LogP contribution in [-0.2, 0) is 47.4 Å². The monoisotopic (exact) mass is 893 g/mol. The number of nitrogens with one attached hydrogen (secondary N) is 2. The van der Waals surface area contributed by atoms with E-state index in [1.807, 2.05) is 31.2 Å². The third-order valence-corrected chi connectivity index (χ3v) is 13.3. The number of aliphatic hydroxyl groups is 4. The summed E-state index contributed by atoms with van der Waals surface area (Å²) in [5.41, 5.74) is 11.3. The number of fused-ring (bicyclic) bond motifs is 2. The van der Waals surface area contributed by atoms with Crippen LogP contribution in [-0.4, -0.2) is 119 Å². The first kappa shape index (κ1) is 42.8. The molecule has 0 spiro atoms. The minimum absolute atomic E-state index is 0.0159. The molecule has 0 saturated carbocycles. The van der Waals surface area contributed by atoms with Gasteiger partial charge >= 0.3 is 29.1 Å². The number of hydrogen-bond acceptors (Lipinski definition) is 20. The van der Waals surface area contributed by atoms with Gasteiger partial charge in [-0.3, -0.25) is 37.7 Å². The molecule has 5 aromatic rings. The van der Waals surface area contributed by atoms with E-state index in [2.05, 4.69) is 42.6 Å². The van der Waals surface area contributed by atoms with Gasteiger partial charge < -0.3 is 56.0 Å². The van der Waals surface area contributed by atoms with E-state index >= 15 is 0 Å². The SMILES string of the molecule is Cc1cccc(Cn2c[n+]([C@@H]3O[C@H](COP(=O)(O)OP(=O)(O)OP(=O)(O)OC[C@H]4O[C@@H](n5cnc6c(=O)[nH]c(N)nc65)[C@H](O)[C@@H]4O)[C@@H](O)[C@H]3O)c3nc(N)[nH]c(=O)c32)c1. The Morgan fingerprint density at radius 1 is 0.847 bits per heavy atom. The summed E-state index contributed by atoms with van der Waals surface area (Å²) < 4.78 is 70.2. The van der Waals surface area contributed by atoms with Gasteiger partial charge in [-0.2, -0.15) is 13.6 Å². The first-order chi connectivity index (χ1) is 27.6. The van der Waals surface area contributed by atoms with E-state index in [9.17, 15) is 58.4 Å². The van der Waals surface area contributed by atoms with Gasteiger partial charge in [0.05, 0.1) is 26.1 Å². The van der Waals surface area contributed by atoms with E-state index in [1.54, 1.807) is 0 Å². The Labute approximate surface area is 328 Å². The highest BCUT2D eigenvalue weighted by atomic mass is 31.3. The molecule has 2 aliphatic rings. The molecule has 0 amide bonds. The molecular formula is C28H36N10O18P3+. The highest BCUT2D eigenvalue weighted by Gasteiger charge is 2.50. The molecule has 0 radical (unpaired) electrons. The summed E-state index contributed by atoms with van der Waals surface area (Å²) >= 11 is 0. The van der Waals surface area contributed by atoms with Crippen molar-refractivity contribution in [1.29, 1.82) is 0 Å². The highest BCUT2D eigenvalue weighted by Crippen LogP contribution is 2.67. The summed E-state index contributed by atoms with van der Waals surface area (Å²) in [6, 6.07) is 7.36. The Hall–Kier alpha value is -4.31. The summed E-state index contributed by atoms with van der Waals surface area (Å²) in [6.07, 6.45) is -11.1. The number of nitrogen functional groups attached to an aromatic ring is 2. The third kappa shape index (κ3) is 8.94. The molecule has 0 bridgehead atoms. The summed E-state index contributed by atoms with van der Waals surface area (Å²) in [5, 5.41) is 42.8. The van der Waals surface area contributed by atoms with Gasteiger partial charge in [-0.1, -0.05) is 34.8 Å². The van der Waals surface area contributed by atoms with Crippen molar-refractivity contribution in [1.82, 2.24) is 34.1 Å². The minimum atomic E-state index is -6.03. The first-order valence-corrected chi connectivity index (χ1v) is 21.4. The number of benzene rings is 1. The van der Waals surface area contributed by atoms with Crippen LogP contribution in [0.15, 0.2) is 46.5 Å². The number of hydrogen-bond donors (Lipinski definition) is 11. The fourth-order valence-electron chi connectivity index (χ4n) is 6.47. The maximum absolute atomic E-state index is 13.0. The molecule has 11 atom stereocenters. The summed E-state index contributed by atoms with van der Waals surface area (Å²) in [5.74, 6) is -0.599. The van der Waals surface area contributed by atoms with Gasteiger partial charge in [-0.15, -0.1) is 0 Å². The number of phosphoric acid groups is 3. The van der Waals surface area contributed by atoms with Crippen LogP contribution in [0.25, 0.3) is 22.3 Å². The fourth-order valence-corrected chi connectivity index (χ4v) is 9.99. The van der Waals surface area contributed by atoms with Gasteiger partial charge in [0.25, 0.3) is 17.1 Å². The molecule has 2 fully saturated rings. The minimum Gasteiger partial charge on any atom is -0.387 e. The van der Waals surface area contributed by atoms with Crippen molar-refractivity contribution >= 4 is 57.7 Å². The van der Waals surface area contributed by atoms with Crippen LogP contribution in [0.1, 0.15) is 23.6 Å². The molecule has 59 heavy (non-hydrogen) atoms. The van der Waals surface area contributed by atoms with Gasteiger partial charge in [-0.05, 0) is 12.5 Å². The van der Waals surface area contributed by atoms with E-state index in [1.165, 1.54) is 15.5 Å². The number of aromatic amines is 2. The quantitative estimate of drug-likeness (QED) is 0.0398. The number of phosphoric ester groups is 2. The predicted octanol–water partition coefficient (Wildman–Crippen LogP) is -2.73. The van der Waals surface area contributed by atoms with Crippen LogP contribution in [0, 0.1) is 6.92 Å². The molecule has 0 aliphatic carbocycles. The molecule has 1 aromatic carbocycles. The Balaban J connectivity index is 0.970. The molecule has 13 N–H and O–H groups in total. The zero-order valence-corrected chi connectivity index (χ0v) is 32.7. The number of aromatic nitrogens is 8. The van der Waals surface area contributed by atoms with Crippen molar-refractivity contribution in [2.45, 2.75) is 62.5 Å². The molecule has 31 heteroatoms. The number of rotatable bonds is 14. The fraction of sp³-hybridized carbons (Fsp3) is 0.429. The van der Waals surface area contributed by atoms with E-state index < -0.39 is 96.9 Å². The first-order valence-electron chi connectivity index (χ1n) is 16.9. The van der Waals surface area contributed by atoms with Crippen LogP contribution in [0.4, 0.5) is 11.9 Å². The van der Waals surface area contributed by atoms with Crippen LogP contribution in [0.5, 0.6) is 0 Å². The average Bonchev–Trinajstić information content (AvgIpc) is 3.85. The normalized spacial score (nSPS) is 27.9. The van der Waals surface area contributed by atoms with Crippen LogP contribution >= 0.6 is 23.5 Å². The number of imidazole rings is 2. The van der Waals surface area contributed by atoms with Crippen molar-refractivity contribution in [3.63, 3.8) is 0 Å². The largest absolute Gasteiger partial charge is 0.490 e. The third-order valence-electron chi connectivity index (χ3n) is 9.02. The lowest BCUT2D eigenvalue weighted by Gasteiger charge is -2.21. The molecule has 2 aliphatic heterocycles. The number of ether oxygens (including phenoxy) is 2. The van der Waals surface area contributed by atoms with E-state index in [4.69, 9.17) is 20.9 Å². The highest BCUT2D eigenvalue weighted by molar-refractivity contribution is 7.66. The second-order valence-electron chi connectivity index (χ2n) is 13.3. The lowest BCUT2D eigenvalue weighted by molar-refractivity contribution is -0.745. The summed E-state index contributed by atoms with van der Waals surface area (Å²) in [4.78, 5) is 72.0. The van der Waals surface area contributed by atoms with E-state index in [0.29, 0.717) is 0 Å². The van der Waals surface area contributed by atoms with Crippen molar-refractivity contribution < 1.29 is 80.5 Å².